The highest BCUT2D eigenvalue weighted by Gasteiger charge is 2.06. The van der Waals surface area contributed by atoms with Crippen LogP contribution in [0.4, 0.5) is 0 Å². The number of aliphatic hydroxyl groups excluding tert-OH is 1. The summed E-state index contributed by atoms with van der Waals surface area (Å²) >= 11 is 0. The van der Waals surface area contributed by atoms with Crippen LogP contribution in [0.15, 0.2) is 24.3 Å². The molecule has 0 radical (unpaired) electrons. The van der Waals surface area contributed by atoms with Gasteiger partial charge >= 0.3 is 0 Å². The van der Waals surface area contributed by atoms with Gasteiger partial charge in [0.05, 0.1) is 6.54 Å². The van der Waals surface area contributed by atoms with Crippen LogP contribution < -0.4 is 15.4 Å². The summed E-state index contributed by atoms with van der Waals surface area (Å²) in [5.74, 6) is 0.687. The topological polar surface area (TPSA) is 70.6 Å². The minimum atomic E-state index is -0.644. The minimum Gasteiger partial charge on any atom is -0.491 e. The molecule has 1 atom stereocenters. The Morgan fingerprint density at radius 2 is 2.00 bits per heavy atom. The molecule has 1 rings (SSSR count). The van der Waals surface area contributed by atoms with Gasteiger partial charge in [0, 0.05) is 13.1 Å². The molecule has 0 aromatic heterocycles. The molecule has 5 heteroatoms. The fourth-order valence-corrected chi connectivity index (χ4v) is 1.75. The molecule has 0 fully saturated rings. The Morgan fingerprint density at radius 1 is 1.29 bits per heavy atom. The highest BCUT2D eigenvalue weighted by Crippen LogP contribution is 2.12. The summed E-state index contributed by atoms with van der Waals surface area (Å²) in [6.07, 6.45) is 1.26. The van der Waals surface area contributed by atoms with Crippen LogP contribution in [0.25, 0.3) is 0 Å². The monoisotopic (exact) mass is 294 g/mol. The summed E-state index contributed by atoms with van der Waals surface area (Å²) in [6, 6.07) is 7.82. The number of hydrogen-bond acceptors (Lipinski definition) is 4. The first kappa shape index (κ1) is 17.5. The summed E-state index contributed by atoms with van der Waals surface area (Å²) in [4.78, 5) is 11.3. The third-order valence-corrected chi connectivity index (χ3v) is 3.01. The quantitative estimate of drug-likeness (QED) is 0.604. The van der Waals surface area contributed by atoms with Crippen LogP contribution in [0.1, 0.15) is 25.8 Å². The Labute approximate surface area is 126 Å². The molecule has 3 N–H and O–H groups in total. The van der Waals surface area contributed by atoms with Gasteiger partial charge in [-0.05, 0) is 30.5 Å². The van der Waals surface area contributed by atoms with E-state index in [1.54, 1.807) is 0 Å². The lowest BCUT2D eigenvalue weighted by molar-refractivity contribution is -0.120. The number of aliphatic hydroxyl groups is 1. The maximum absolute atomic E-state index is 11.3. The Balaban J connectivity index is 2.15. The average molecular weight is 294 g/mol. The summed E-state index contributed by atoms with van der Waals surface area (Å²) in [6.45, 7) is 5.52. The molecule has 0 saturated heterocycles. The predicted molar refractivity (Wildman–Crippen MR) is 83.5 cm³/mol. The van der Waals surface area contributed by atoms with Gasteiger partial charge in [-0.15, -0.1) is 0 Å². The van der Waals surface area contributed by atoms with Crippen LogP contribution in [0.2, 0.25) is 0 Å². The van der Waals surface area contributed by atoms with Crippen LogP contribution in [0.3, 0.4) is 0 Å². The number of benzene rings is 1. The SMILES string of the molecule is CCCNC(=O)CNCC(O)COc1ccc(CC)cc1. The lowest BCUT2D eigenvalue weighted by atomic mass is 10.2. The van der Waals surface area contributed by atoms with E-state index in [4.69, 9.17) is 4.74 Å². The number of aryl methyl sites for hydroxylation is 1. The maximum atomic E-state index is 11.3. The molecule has 1 unspecified atom stereocenters. The van der Waals surface area contributed by atoms with Crippen molar-refractivity contribution in [3.63, 3.8) is 0 Å². The molecule has 1 amide bonds. The predicted octanol–water partition coefficient (Wildman–Crippen LogP) is 1.10. The second-order valence-corrected chi connectivity index (χ2v) is 4.94. The molecule has 0 aliphatic carbocycles. The molecule has 21 heavy (non-hydrogen) atoms. The number of carbonyl (C=O) groups excluding carboxylic acids is 1. The Kier molecular flexibility index (Phi) is 8.47. The van der Waals surface area contributed by atoms with E-state index in [9.17, 15) is 9.90 Å². The van der Waals surface area contributed by atoms with Crippen LogP contribution in [-0.2, 0) is 11.2 Å². The van der Waals surface area contributed by atoms with Gasteiger partial charge in [-0.2, -0.15) is 0 Å². The van der Waals surface area contributed by atoms with Crippen molar-refractivity contribution in [2.45, 2.75) is 32.8 Å². The first-order valence-electron chi connectivity index (χ1n) is 7.52. The van der Waals surface area contributed by atoms with Gasteiger partial charge in [0.15, 0.2) is 0 Å². The molecule has 0 spiro atoms. The zero-order valence-electron chi connectivity index (χ0n) is 12.9. The lowest BCUT2D eigenvalue weighted by Gasteiger charge is -2.13. The number of rotatable bonds is 10. The van der Waals surface area contributed by atoms with E-state index >= 15 is 0 Å². The van der Waals surface area contributed by atoms with E-state index in [2.05, 4.69) is 17.6 Å². The molecule has 1 aromatic carbocycles. The highest BCUT2D eigenvalue weighted by atomic mass is 16.5. The molecular weight excluding hydrogens is 268 g/mol. The van der Waals surface area contributed by atoms with Gasteiger partial charge in [-0.3, -0.25) is 4.79 Å². The molecular formula is C16H26N2O3. The normalized spacial score (nSPS) is 12.0. The fourth-order valence-electron chi connectivity index (χ4n) is 1.75. The zero-order chi connectivity index (χ0) is 15.5. The summed E-state index contributed by atoms with van der Waals surface area (Å²) in [7, 11) is 0. The summed E-state index contributed by atoms with van der Waals surface area (Å²) in [5, 5.41) is 15.4. The van der Waals surface area contributed by atoms with Gasteiger partial charge in [-0.25, -0.2) is 0 Å². The highest BCUT2D eigenvalue weighted by molar-refractivity contribution is 5.77. The third-order valence-electron chi connectivity index (χ3n) is 3.01. The number of carbonyl (C=O) groups is 1. The fraction of sp³-hybridized carbons (Fsp3) is 0.562. The molecule has 0 aliphatic heterocycles. The molecule has 0 aliphatic rings. The van der Waals surface area contributed by atoms with Crippen LogP contribution in [-0.4, -0.2) is 43.4 Å². The maximum Gasteiger partial charge on any atom is 0.233 e. The second-order valence-electron chi connectivity index (χ2n) is 4.94. The van der Waals surface area contributed by atoms with E-state index in [1.165, 1.54) is 5.56 Å². The standard InChI is InChI=1S/C16H26N2O3/c1-3-9-18-16(20)11-17-10-14(19)12-21-15-7-5-13(4-2)6-8-15/h5-8,14,17,19H,3-4,9-12H2,1-2H3,(H,18,20). The molecule has 118 valence electrons. The summed E-state index contributed by atoms with van der Waals surface area (Å²) in [5.41, 5.74) is 1.25. The number of ether oxygens (including phenoxy) is 1. The Bertz CT molecular complexity index is 406. The number of amides is 1. The van der Waals surface area contributed by atoms with Crippen molar-refractivity contribution < 1.29 is 14.6 Å². The molecule has 0 saturated carbocycles. The largest absolute Gasteiger partial charge is 0.491 e. The van der Waals surface area contributed by atoms with Crippen molar-refractivity contribution in [1.82, 2.24) is 10.6 Å². The van der Waals surface area contributed by atoms with Crippen LogP contribution in [0.5, 0.6) is 5.75 Å². The van der Waals surface area contributed by atoms with Crippen molar-refractivity contribution in [2.24, 2.45) is 0 Å². The van der Waals surface area contributed by atoms with E-state index in [1.807, 2.05) is 31.2 Å². The van der Waals surface area contributed by atoms with Crippen LogP contribution >= 0.6 is 0 Å². The molecule has 5 nitrogen and oxygen atoms in total. The molecule has 1 aromatic rings. The van der Waals surface area contributed by atoms with Crippen molar-refractivity contribution in [2.75, 3.05) is 26.2 Å². The second kappa shape index (κ2) is 10.2. The van der Waals surface area contributed by atoms with Crippen molar-refractivity contribution in [3.8, 4) is 5.75 Å². The minimum absolute atomic E-state index is 0.0554. The first-order chi connectivity index (χ1) is 10.2. The van der Waals surface area contributed by atoms with Gasteiger partial charge in [0.25, 0.3) is 0 Å². The smallest absolute Gasteiger partial charge is 0.233 e. The zero-order valence-corrected chi connectivity index (χ0v) is 12.9. The Hall–Kier alpha value is -1.59. The number of nitrogens with one attached hydrogen (secondary N) is 2. The van der Waals surface area contributed by atoms with Crippen LogP contribution in [0, 0.1) is 0 Å². The van der Waals surface area contributed by atoms with E-state index in [0.29, 0.717) is 13.1 Å². The van der Waals surface area contributed by atoms with Gasteiger partial charge in [0.2, 0.25) is 5.91 Å². The number of hydrogen-bond donors (Lipinski definition) is 3. The van der Waals surface area contributed by atoms with Gasteiger partial charge in [0.1, 0.15) is 18.5 Å². The average Bonchev–Trinajstić information content (AvgIpc) is 2.51. The first-order valence-corrected chi connectivity index (χ1v) is 7.52. The molecule has 0 bridgehead atoms. The lowest BCUT2D eigenvalue weighted by Crippen LogP contribution is -2.39. The van der Waals surface area contributed by atoms with E-state index < -0.39 is 6.10 Å². The van der Waals surface area contributed by atoms with Gasteiger partial charge in [-0.1, -0.05) is 26.0 Å². The Morgan fingerprint density at radius 3 is 2.62 bits per heavy atom. The summed E-state index contributed by atoms with van der Waals surface area (Å²) < 4.78 is 5.50. The van der Waals surface area contributed by atoms with E-state index in [0.717, 1.165) is 18.6 Å². The van der Waals surface area contributed by atoms with Crippen molar-refractivity contribution in [1.29, 1.82) is 0 Å². The molecule has 0 heterocycles. The van der Waals surface area contributed by atoms with E-state index in [-0.39, 0.29) is 19.1 Å². The van der Waals surface area contributed by atoms with Crippen molar-refractivity contribution in [3.05, 3.63) is 29.8 Å². The third kappa shape index (κ3) is 7.68. The van der Waals surface area contributed by atoms with Gasteiger partial charge < -0.3 is 20.5 Å². The van der Waals surface area contributed by atoms with Crippen molar-refractivity contribution >= 4 is 5.91 Å².